The Labute approximate surface area is 172 Å². The number of ether oxygens (including phenoxy) is 2. The highest BCUT2D eigenvalue weighted by Crippen LogP contribution is 2.22. The molecule has 2 aromatic rings. The molecule has 0 amide bonds. The number of halogens is 2. The number of nitrogens with zero attached hydrogens (tertiary/aromatic N) is 1. The number of hydrogen-bond acceptors (Lipinski definition) is 5. The van der Waals surface area contributed by atoms with Gasteiger partial charge in [0.15, 0.2) is 0 Å². The first-order valence-corrected chi connectivity index (χ1v) is 8.92. The fourth-order valence-corrected chi connectivity index (χ4v) is 2.60. The van der Waals surface area contributed by atoms with Gasteiger partial charge in [-0.1, -0.05) is 41.4 Å². The summed E-state index contributed by atoms with van der Waals surface area (Å²) in [5, 5.41) is 9.99. The molecule has 0 heterocycles. The average Bonchev–Trinajstić information content (AvgIpc) is 2.66. The van der Waals surface area contributed by atoms with Crippen LogP contribution >= 0.6 is 23.2 Å². The molecule has 2 rings (SSSR count). The van der Waals surface area contributed by atoms with Gasteiger partial charge < -0.3 is 9.47 Å². The number of rotatable bonds is 6. The molecule has 0 saturated heterocycles. The molecular formula is C21H15Cl2NO4. The van der Waals surface area contributed by atoms with Crippen LogP contribution in [0, 0.1) is 11.3 Å². The minimum atomic E-state index is -0.713. The minimum absolute atomic E-state index is 0.150. The Kier molecular flexibility index (Phi) is 7.82. The van der Waals surface area contributed by atoms with Gasteiger partial charge in [-0.15, -0.1) is 0 Å². The zero-order valence-electron chi connectivity index (χ0n) is 14.8. The molecule has 7 heteroatoms. The number of carbonyl (C=O) groups excluding carboxylic acids is 2. The molecule has 5 nitrogen and oxygen atoms in total. The Balaban J connectivity index is 2.11. The SMILES string of the molecule is CCOC(=O)/C(C#N)=C/c1cccc(OC(=O)/C=C/c2ccc(Cl)cc2Cl)c1. The third-order valence-electron chi connectivity index (χ3n) is 3.36. The van der Waals surface area contributed by atoms with E-state index >= 15 is 0 Å². The van der Waals surface area contributed by atoms with Crippen LogP contribution in [0.1, 0.15) is 18.1 Å². The second-order valence-electron chi connectivity index (χ2n) is 5.38. The fourth-order valence-electron chi connectivity index (χ4n) is 2.12. The summed E-state index contributed by atoms with van der Waals surface area (Å²) in [4.78, 5) is 23.7. The predicted octanol–water partition coefficient (Wildman–Crippen LogP) is 5.08. The van der Waals surface area contributed by atoms with Crippen molar-refractivity contribution in [1.82, 2.24) is 0 Å². The van der Waals surface area contributed by atoms with Crippen LogP contribution in [0.15, 0.2) is 54.1 Å². The summed E-state index contributed by atoms with van der Waals surface area (Å²) < 4.78 is 10.0. The van der Waals surface area contributed by atoms with Crippen LogP contribution in [0.25, 0.3) is 12.2 Å². The first kappa shape index (κ1) is 21.2. The smallest absolute Gasteiger partial charge is 0.348 e. The third kappa shape index (κ3) is 6.27. The Bertz CT molecular complexity index is 990. The summed E-state index contributed by atoms with van der Waals surface area (Å²) in [6.45, 7) is 1.82. The Morgan fingerprint density at radius 2 is 1.96 bits per heavy atom. The summed E-state index contributed by atoms with van der Waals surface area (Å²) >= 11 is 11.9. The Morgan fingerprint density at radius 3 is 2.64 bits per heavy atom. The molecule has 28 heavy (non-hydrogen) atoms. The van der Waals surface area contributed by atoms with E-state index in [-0.39, 0.29) is 17.9 Å². The summed E-state index contributed by atoms with van der Waals surface area (Å²) in [6.07, 6.45) is 4.11. The van der Waals surface area contributed by atoms with Gasteiger partial charge in [-0.25, -0.2) is 9.59 Å². The van der Waals surface area contributed by atoms with Gasteiger partial charge in [0.25, 0.3) is 0 Å². The van der Waals surface area contributed by atoms with Crippen molar-refractivity contribution in [2.24, 2.45) is 0 Å². The first-order valence-electron chi connectivity index (χ1n) is 8.17. The quantitative estimate of drug-likeness (QED) is 0.284. The molecule has 0 aromatic heterocycles. The summed E-state index contributed by atoms with van der Waals surface area (Å²) in [5.74, 6) is -1.07. The molecule has 0 atom stereocenters. The van der Waals surface area contributed by atoms with Gasteiger partial charge in [-0.2, -0.15) is 5.26 Å². The zero-order valence-corrected chi connectivity index (χ0v) is 16.3. The molecule has 0 aliphatic heterocycles. The Morgan fingerprint density at radius 1 is 1.18 bits per heavy atom. The van der Waals surface area contributed by atoms with Crippen molar-refractivity contribution in [2.45, 2.75) is 6.92 Å². The predicted molar refractivity (Wildman–Crippen MR) is 108 cm³/mol. The summed E-state index contributed by atoms with van der Waals surface area (Å²) in [6, 6.07) is 13.1. The van der Waals surface area contributed by atoms with Crippen molar-refractivity contribution in [3.8, 4) is 11.8 Å². The van der Waals surface area contributed by atoms with Crippen molar-refractivity contribution in [3.63, 3.8) is 0 Å². The standard InChI is InChI=1S/C21H15Cl2NO4/c1-2-27-21(26)16(13-24)10-14-4-3-5-18(11-14)28-20(25)9-7-15-6-8-17(22)12-19(15)23/h3-12H,2H2,1H3/b9-7+,16-10+. The molecule has 0 aliphatic carbocycles. The molecule has 0 aliphatic rings. The first-order chi connectivity index (χ1) is 13.4. The van der Waals surface area contributed by atoms with Gasteiger partial charge in [0.2, 0.25) is 0 Å². The largest absolute Gasteiger partial charge is 0.462 e. The van der Waals surface area contributed by atoms with E-state index in [2.05, 4.69) is 0 Å². The molecule has 0 N–H and O–H groups in total. The summed E-state index contributed by atoms with van der Waals surface area (Å²) in [5.41, 5.74) is 0.982. The monoisotopic (exact) mass is 415 g/mol. The van der Waals surface area contributed by atoms with Gasteiger partial charge in [0, 0.05) is 16.1 Å². The number of esters is 2. The van der Waals surface area contributed by atoms with Gasteiger partial charge in [0.05, 0.1) is 6.61 Å². The highest BCUT2D eigenvalue weighted by Gasteiger charge is 2.10. The zero-order chi connectivity index (χ0) is 20.5. The highest BCUT2D eigenvalue weighted by atomic mass is 35.5. The minimum Gasteiger partial charge on any atom is -0.462 e. The van der Waals surface area contributed by atoms with E-state index in [1.807, 2.05) is 0 Å². The molecule has 0 saturated carbocycles. The van der Waals surface area contributed by atoms with E-state index in [0.717, 1.165) is 0 Å². The number of carbonyl (C=O) groups is 2. The van der Waals surface area contributed by atoms with Crippen LogP contribution in [-0.4, -0.2) is 18.5 Å². The lowest BCUT2D eigenvalue weighted by molar-refractivity contribution is -0.138. The molecule has 142 valence electrons. The lowest BCUT2D eigenvalue weighted by atomic mass is 10.1. The fraction of sp³-hybridized carbons (Fsp3) is 0.0952. The topological polar surface area (TPSA) is 76.4 Å². The molecule has 0 radical (unpaired) electrons. The average molecular weight is 416 g/mol. The number of nitriles is 1. The maximum atomic E-state index is 12.0. The molecule has 0 unspecified atom stereocenters. The second kappa shape index (κ2) is 10.3. The van der Waals surface area contributed by atoms with E-state index in [1.54, 1.807) is 49.4 Å². The van der Waals surface area contributed by atoms with Crippen LogP contribution < -0.4 is 4.74 Å². The van der Waals surface area contributed by atoms with Crippen LogP contribution in [0.3, 0.4) is 0 Å². The van der Waals surface area contributed by atoms with Crippen molar-refractivity contribution < 1.29 is 19.1 Å². The number of benzene rings is 2. The molecule has 2 aromatic carbocycles. The summed E-state index contributed by atoms with van der Waals surface area (Å²) in [7, 11) is 0. The van der Waals surface area contributed by atoms with Gasteiger partial charge in [-0.05, 0) is 54.5 Å². The van der Waals surface area contributed by atoms with E-state index in [9.17, 15) is 9.59 Å². The van der Waals surface area contributed by atoms with Gasteiger partial charge >= 0.3 is 11.9 Å². The van der Waals surface area contributed by atoms with E-state index in [1.165, 1.54) is 24.3 Å². The normalized spacial score (nSPS) is 11.1. The highest BCUT2D eigenvalue weighted by molar-refractivity contribution is 6.35. The molecule has 0 fully saturated rings. The van der Waals surface area contributed by atoms with E-state index < -0.39 is 11.9 Å². The molecule has 0 bridgehead atoms. The van der Waals surface area contributed by atoms with E-state index in [4.69, 9.17) is 37.9 Å². The maximum Gasteiger partial charge on any atom is 0.348 e. The third-order valence-corrected chi connectivity index (χ3v) is 3.93. The van der Waals surface area contributed by atoms with Gasteiger partial charge in [-0.3, -0.25) is 0 Å². The van der Waals surface area contributed by atoms with Crippen molar-refractivity contribution >= 4 is 47.3 Å². The molecular weight excluding hydrogens is 401 g/mol. The lowest BCUT2D eigenvalue weighted by Gasteiger charge is -2.04. The van der Waals surface area contributed by atoms with E-state index in [0.29, 0.717) is 21.2 Å². The van der Waals surface area contributed by atoms with Crippen molar-refractivity contribution in [2.75, 3.05) is 6.61 Å². The lowest BCUT2D eigenvalue weighted by Crippen LogP contribution is -2.06. The van der Waals surface area contributed by atoms with Crippen molar-refractivity contribution in [1.29, 1.82) is 5.26 Å². The van der Waals surface area contributed by atoms with Crippen LogP contribution in [0.2, 0.25) is 10.0 Å². The van der Waals surface area contributed by atoms with Crippen molar-refractivity contribution in [3.05, 3.63) is 75.3 Å². The number of hydrogen-bond donors (Lipinski definition) is 0. The van der Waals surface area contributed by atoms with Crippen LogP contribution in [0.5, 0.6) is 5.75 Å². The van der Waals surface area contributed by atoms with Crippen LogP contribution in [0.4, 0.5) is 0 Å². The molecule has 0 spiro atoms. The Hall–Kier alpha value is -3.07. The second-order valence-corrected chi connectivity index (χ2v) is 6.23. The van der Waals surface area contributed by atoms with Crippen LogP contribution in [-0.2, 0) is 14.3 Å². The maximum absolute atomic E-state index is 12.0. The van der Waals surface area contributed by atoms with Gasteiger partial charge in [0.1, 0.15) is 17.4 Å².